The SMILES string of the molecule is FC1CCN(Cc2ccc(Nc3ncc(-c4ccnc(O[C@@H]5CCOC5)n4)s3)nc2)CC1. The highest BCUT2D eigenvalue weighted by Gasteiger charge is 2.19. The molecule has 0 aromatic carbocycles. The molecule has 10 heteroatoms. The van der Waals surface area contributed by atoms with E-state index in [9.17, 15) is 4.39 Å². The molecular weight excluding hydrogens is 431 g/mol. The van der Waals surface area contributed by atoms with Gasteiger partial charge in [0.1, 0.15) is 18.1 Å². The van der Waals surface area contributed by atoms with Crippen molar-refractivity contribution in [2.24, 2.45) is 0 Å². The van der Waals surface area contributed by atoms with Crippen LogP contribution in [0.5, 0.6) is 6.01 Å². The Hall–Kier alpha value is -2.69. The van der Waals surface area contributed by atoms with Gasteiger partial charge in [0.25, 0.3) is 0 Å². The summed E-state index contributed by atoms with van der Waals surface area (Å²) in [5.41, 5.74) is 1.88. The summed E-state index contributed by atoms with van der Waals surface area (Å²) in [6.07, 6.45) is 6.78. The van der Waals surface area contributed by atoms with E-state index in [1.54, 1.807) is 12.4 Å². The molecule has 8 nitrogen and oxygen atoms in total. The molecule has 3 aromatic rings. The van der Waals surface area contributed by atoms with Gasteiger partial charge in [0.2, 0.25) is 0 Å². The van der Waals surface area contributed by atoms with Crippen molar-refractivity contribution in [3.05, 3.63) is 42.4 Å². The first-order valence-corrected chi connectivity index (χ1v) is 11.6. The highest BCUT2D eigenvalue weighted by atomic mass is 32.1. The van der Waals surface area contributed by atoms with E-state index in [2.05, 4.69) is 30.2 Å². The zero-order valence-electron chi connectivity index (χ0n) is 17.6. The van der Waals surface area contributed by atoms with Gasteiger partial charge in [0.05, 0.1) is 23.8 Å². The summed E-state index contributed by atoms with van der Waals surface area (Å²) in [5, 5.41) is 3.98. The monoisotopic (exact) mass is 456 g/mol. The average molecular weight is 457 g/mol. The van der Waals surface area contributed by atoms with Crippen molar-refractivity contribution in [1.82, 2.24) is 24.8 Å². The van der Waals surface area contributed by atoms with E-state index in [0.717, 1.165) is 53.1 Å². The molecule has 2 aliphatic heterocycles. The van der Waals surface area contributed by atoms with Crippen molar-refractivity contribution < 1.29 is 13.9 Å². The largest absolute Gasteiger partial charge is 0.458 e. The van der Waals surface area contributed by atoms with E-state index in [1.807, 2.05) is 24.4 Å². The number of piperidine rings is 1. The van der Waals surface area contributed by atoms with Crippen LogP contribution in [0.4, 0.5) is 15.3 Å². The van der Waals surface area contributed by atoms with Gasteiger partial charge in [-0.05, 0) is 30.5 Å². The number of nitrogens with one attached hydrogen (secondary N) is 1. The Morgan fingerprint density at radius 3 is 2.81 bits per heavy atom. The number of thiazole rings is 1. The Morgan fingerprint density at radius 1 is 1.12 bits per heavy atom. The first-order valence-electron chi connectivity index (χ1n) is 10.8. The molecule has 2 aliphatic rings. The Balaban J connectivity index is 1.19. The molecule has 5 heterocycles. The first kappa shape index (κ1) is 21.2. The molecule has 0 bridgehead atoms. The third-order valence-corrected chi connectivity index (χ3v) is 6.47. The van der Waals surface area contributed by atoms with E-state index < -0.39 is 6.17 Å². The number of nitrogens with zero attached hydrogens (tertiary/aromatic N) is 5. The lowest BCUT2D eigenvalue weighted by atomic mass is 10.1. The average Bonchev–Trinajstić information content (AvgIpc) is 3.49. The number of hydrogen-bond donors (Lipinski definition) is 1. The van der Waals surface area contributed by atoms with Crippen molar-refractivity contribution in [2.45, 2.75) is 38.1 Å². The molecule has 1 atom stereocenters. The summed E-state index contributed by atoms with van der Waals surface area (Å²) < 4.78 is 24.4. The van der Waals surface area contributed by atoms with Crippen LogP contribution < -0.4 is 10.1 Å². The van der Waals surface area contributed by atoms with Crippen molar-refractivity contribution in [1.29, 1.82) is 0 Å². The summed E-state index contributed by atoms with van der Waals surface area (Å²) in [6.45, 7) is 3.68. The molecule has 1 N–H and O–H groups in total. The van der Waals surface area contributed by atoms with Gasteiger partial charge in [-0.1, -0.05) is 17.4 Å². The summed E-state index contributed by atoms with van der Waals surface area (Å²) in [6, 6.07) is 6.19. The molecule has 2 fully saturated rings. The number of ether oxygens (including phenoxy) is 2. The summed E-state index contributed by atoms with van der Waals surface area (Å²) in [5.74, 6) is 0.727. The second kappa shape index (κ2) is 9.85. The highest BCUT2D eigenvalue weighted by molar-refractivity contribution is 7.18. The van der Waals surface area contributed by atoms with Crippen LogP contribution in [0.2, 0.25) is 0 Å². The van der Waals surface area contributed by atoms with Crippen molar-refractivity contribution in [3.8, 4) is 16.6 Å². The van der Waals surface area contributed by atoms with Gasteiger partial charge in [-0.2, -0.15) is 4.98 Å². The van der Waals surface area contributed by atoms with Gasteiger partial charge in [0.15, 0.2) is 5.13 Å². The van der Waals surface area contributed by atoms with Gasteiger partial charge in [0, 0.05) is 44.6 Å². The van der Waals surface area contributed by atoms with Crippen LogP contribution in [0.3, 0.4) is 0 Å². The van der Waals surface area contributed by atoms with Crippen LogP contribution in [0, 0.1) is 0 Å². The van der Waals surface area contributed by atoms with E-state index in [0.29, 0.717) is 32.1 Å². The molecule has 32 heavy (non-hydrogen) atoms. The summed E-state index contributed by atoms with van der Waals surface area (Å²) in [7, 11) is 0. The van der Waals surface area contributed by atoms with E-state index in [1.165, 1.54) is 11.3 Å². The lowest BCUT2D eigenvalue weighted by Crippen LogP contribution is -2.33. The van der Waals surface area contributed by atoms with Crippen LogP contribution in [0.25, 0.3) is 10.6 Å². The predicted molar refractivity (Wildman–Crippen MR) is 120 cm³/mol. The minimum Gasteiger partial charge on any atom is -0.458 e. The van der Waals surface area contributed by atoms with E-state index >= 15 is 0 Å². The number of alkyl halides is 1. The Bertz CT molecular complexity index is 1020. The van der Waals surface area contributed by atoms with E-state index in [4.69, 9.17) is 9.47 Å². The maximum atomic E-state index is 13.3. The molecule has 2 saturated heterocycles. The Morgan fingerprint density at radius 2 is 2.03 bits per heavy atom. The minimum absolute atomic E-state index is 0.00788. The van der Waals surface area contributed by atoms with Crippen molar-refractivity contribution in [2.75, 3.05) is 31.6 Å². The maximum absolute atomic E-state index is 13.3. The van der Waals surface area contributed by atoms with Gasteiger partial charge in [-0.25, -0.2) is 19.3 Å². The second-order valence-corrected chi connectivity index (χ2v) is 9.02. The Kier molecular flexibility index (Phi) is 6.51. The second-order valence-electron chi connectivity index (χ2n) is 7.99. The molecular formula is C22H25FN6O2S. The fraction of sp³-hybridized carbons (Fsp3) is 0.455. The summed E-state index contributed by atoms with van der Waals surface area (Å²) in [4.78, 5) is 20.8. The normalized spacial score (nSPS) is 19.8. The third-order valence-electron chi connectivity index (χ3n) is 5.53. The summed E-state index contributed by atoms with van der Waals surface area (Å²) >= 11 is 1.49. The number of likely N-dealkylation sites (tertiary alicyclic amines) is 1. The number of anilines is 2. The lowest BCUT2D eigenvalue weighted by Gasteiger charge is -2.28. The van der Waals surface area contributed by atoms with Crippen molar-refractivity contribution in [3.63, 3.8) is 0 Å². The topological polar surface area (TPSA) is 85.3 Å². The quantitative estimate of drug-likeness (QED) is 0.574. The molecule has 0 aliphatic carbocycles. The molecule has 0 unspecified atom stereocenters. The molecule has 0 radical (unpaired) electrons. The number of rotatable bonds is 7. The zero-order valence-corrected chi connectivity index (χ0v) is 18.4. The maximum Gasteiger partial charge on any atom is 0.317 e. The first-order chi connectivity index (χ1) is 15.7. The molecule has 0 spiro atoms. The number of hydrogen-bond acceptors (Lipinski definition) is 9. The van der Waals surface area contributed by atoms with Crippen LogP contribution in [-0.4, -0.2) is 63.4 Å². The fourth-order valence-corrected chi connectivity index (χ4v) is 4.55. The van der Waals surface area contributed by atoms with Gasteiger partial charge < -0.3 is 14.8 Å². The van der Waals surface area contributed by atoms with E-state index in [-0.39, 0.29) is 6.10 Å². The van der Waals surface area contributed by atoms with Gasteiger partial charge in [-0.15, -0.1) is 0 Å². The number of pyridine rings is 1. The minimum atomic E-state index is -0.650. The van der Waals surface area contributed by atoms with Crippen molar-refractivity contribution >= 4 is 22.3 Å². The zero-order chi connectivity index (χ0) is 21.8. The molecule has 0 amide bonds. The molecule has 0 saturated carbocycles. The Labute approximate surface area is 189 Å². The number of aromatic nitrogens is 4. The predicted octanol–water partition coefficient (Wildman–Crippen LogP) is 3.84. The van der Waals surface area contributed by atoms with Crippen LogP contribution >= 0.6 is 11.3 Å². The van der Waals surface area contributed by atoms with Crippen LogP contribution in [0.15, 0.2) is 36.8 Å². The van der Waals surface area contributed by atoms with Gasteiger partial charge >= 0.3 is 6.01 Å². The molecule has 168 valence electrons. The molecule has 3 aromatic heterocycles. The van der Waals surface area contributed by atoms with Crippen LogP contribution in [0.1, 0.15) is 24.8 Å². The van der Waals surface area contributed by atoms with Crippen LogP contribution in [-0.2, 0) is 11.3 Å². The highest BCUT2D eigenvalue weighted by Crippen LogP contribution is 2.30. The lowest BCUT2D eigenvalue weighted by molar-refractivity contribution is 0.134. The fourth-order valence-electron chi connectivity index (χ4n) is 3.76. The third kappa shape index (κ3) is 5.37. The smallest absolute Gasteiger partial charge is 0.317 e. The number of halogens is 1. The standard InChI is InChI=1S/C22H25FN6O2S/c23-16-4-8-29(9-5-16)13-15-1-2-20(25-11-15)28-22-26-12-19(32-22)18-3-7-24-21(27-18)31-17-6-10-30-14-17/h1-3,7,11-12,16-17H,4-6,8-10,13-14H2,(H,25,26,28)/t17-/m1/s1. The molecule has 5 rings (SSSR count). The van der Waals surface area contributed by atoms with Gasteiger partial charge in [-0.3, -0.25) is 4.90 Å².